The van der Waals surface area contributed by atoms with Crippen LogP contribution in [0.1, 0.15) is 16.8 Å². The lowest BCUT2D eigenvalue weighted by molar-refractivity contribution is 0.402. The Morgan fingerprint density at radius 3 is 2.28 bits per heavy atom. The van der Waals surface area contributed by atoms with Gasteiger partial charge in [0.15, 0.2) is 5.96 Å². The average Bonchev–Trinajstić information content (AvgIpc) is 2.86. The largest absolute Gasteiger partial charge is 0.352 e. The smallest absolute Gasteiger partial charge is 0.194 e. The zero-order valence-electron chi connectivity index (χ0n) is 15.8. The van der Waals surface area contributed by atoms with E-state index in [4.69, 9.17) is 0 Å². The first-order valence-corrected chi connectivity index (χ1v) is 9.13. The Balaban J connectivity index is 1.92. The highest BCUT2D eigenvalue weighted by molar-refractivity contribution is 9.10. The number of nitrogens with one attached hydrogen (secondary N) is 1. The van der Waals surface area contributed by atoms with E-state index in [1.807, 2.05) is 7.05 Å². The van der Waals surface area contributed by atoms with Crippen LogP contribution in [-0.4, -0.2) is 48.5 Å². The van der Waals surface area contributed by atoms with Gasteiger partial charge in [0.1, 0.15) is 0 Å². The van der Waals surface area contributed by atoms with Crippen LogP contribution in [0.4, 0.5) is 0 Å². The lowest BCUT2D eigenvalue weighted by Gasteiger charge is -2.22. The third-order valence-electron chi connectivity index (χ3n) is 4.02. The van der Waals surface area contributed by atoms with Gasteiger partial charge in [0.25, 0.3) is 0 Å². The van der Waals surface area contributed by atoms with Crippen molar-refractivity contribution in [2.45, 2.75) is 19.6 Å². The molecular weight excluding hydrogens is 378 g/mol. The highest BCUT2D eigenvalue weighted by Gasteiger charge is 2.09. The maximum atomic E-state index is 4.40. The van der Waals surface area contributed by atoms with Crippen LogP contribution in [0.2, 0.25) is 0 Å². The van der Waals surface area contributed by atoms with Crippen molar-refractivity contribution in [1.82, 2.24) is 19.7 Å². The van der Waals surface area contributed by atoms with Crippen LogP contribution >= 0.6 is 15.9 Å². The highest BCUT2D eigenvalue weighted by Crippen LogP contribution is 2.15. The molecule has 1 aromatic carbocycles. The van der Waals surface area contributed by atoms with E-state index in [1.54, 1.807) is 0 Å². The molecule has 1 aromatic heterocycles. The van der Waals surface area contributed by atoms with Gasteiger partial charge in [0.05, 0.1) is 6.54 Å². The zero-order chi connectivity index (χ0) is 18.4. The minimum atomic E-state index is 0.760. The first kappa shape index (κ1) is 19.5. The van der Waals surface area contributed by atoms with Gasteiger partial charge in [-0.2, -0.15) is 0 Å². The van der Waals surface area contributed by atoms with E-state index in [2.05, 4.69) is 105 Å². The zero-order valence-corrected chi connectivity index (χ0v) is 17.3. The summed E-state index contributed by atoms with van der Waals surface area (Å²) < 4.78 is 3.22. The number of hydrogen-bond acceptors (Lipinski definition) is 2. The Kier molecular flexibility index (Phi) is 7.08. The summed E-state index contributed by atoms with van der Waals surface area (Å²) in [6.07, 6.45) is 2.06. The molecule has 1 N–H and O–H groups in total. The first-order chi connectivity index (χ1) is 11.9. The Morgan fingerprint density at radius 2 is 1.76 bits per heavy atom. The van der Waals surface area contributed by atoms with Gasteiger partial charge >= 0.3 is 0 Å². The summed E-state index contributed by atoms with van der Waals surface area (Å²) in [4.78, 5) is 8.70. The third-order valence-corrected chi connectivity index (χ3v) is 4.45. The molecule has 0 fully saturated rings. The van der Waals surface area contributed by atoms with Crippen LogP contribution in [0.3, 0.4) is 0 Å². The lowest BCUT2D eigenvalue weighted by Crippen LogP contribution is -2.38. The number of aryl methyl sites for hydroxylation is 1. The van der Waals surface area contributed by atoms with Crippen LogP contribution in [0.5, 0.6) is 0 Å². The minimum absolute atomic E-state index is 0.760. The van der Waals surface area contributed by atoms with Crippen LogP contribution in [-0.2, 0) is 26.7 Å². The molecule has 25 heavy (non-hydrogen) atoms. The fraction of sp³-hybridized carbons (Fsp3) is 0.421. The summed E-state index contributed by atoms with van der Waals surface area (Å²) in [5.41, 5.74) is 3.80. The van der Waals surface area contributed by atoms with Crippen molar-refractivity contribution in [3.63, 3.8) is 0 Å². The van der Waals surface area contributed by atoms with Crippen LogP contribution in [0.15, 0.2) is 46.0 Å². The van der Waals surface area contributed by atoms with E-state index in [9.17, 15) is 0 Å². The Labute approximate surface area is 159 Å². The summed E-state index contributed by atoms with van der Waals surface area (Å²) in [6, 6.07) is 10.9. The van der Waals surface area contributed by atoms with E-state index in [0.717, 1.165) is 30.1 Å². The number of halogens is 1. The molecule has 0 radical (unpaired) electrons. The SMILES string of the molecule is CN=C(NCc1ccc(CN(C)C)cc1)N(C)Cc1cc(Br)cn1C. The molecular formula is C19H28BrN5. The van der Waals surface area contributed by atoms with Gasteiger partial charge in [-0.1, -0.05) is 24.3 Å². The third kappa shape index (κ3) is 5.90. The second-order valence-electron chi connectivity index (χ2n) is 6.57. The summed E-state index contributed by atoms with van der Waals surface area (Å²) in [5, 5.41) is 3.44. The van der Waals surface area contributed by atoms with Crippen LogP contribution < -0.4 is 5.32 Å². The van der Waals surface area contributed by atoms with Gasteiger partial charge < -0.3 is 19.7 Å². The number of aliphatic imine (C=N–C) groups is 1. The molecule has 0 saturated carbocycles. The quantitative estimate of drug-likeness (QED) is 0.592. The molecule has 0 spiro atoms. The van der Waals surface area contributed by atoms with Crippen molar-refractivity contribution in [2.24, 2.45) is 12.0 Å². The Morgan fingerprint density at radius 1 is 1.12 bits per heavy atom. The van der Waals surface area contributed by atoms with Crippen molar-refractivity contribution in [1.29, 1.82) is 0 Å². The number of nitrogens with zero attached hydrogens (tertiary/aromatic N) is 4. The minimum Gasteiger partial charge on any atom is -0.352 e. The van der Waals surface area contributed by atoms with Crippen molar-refractivity contribution in [3.8, 4) is 0 Å². The molecule has 0 atom stereocenters. The molecule has 0 aliphatic carbocycles. The maximum Gasteiger partial charge on any atom is 0.194 e. The first-order valence-electron chi connectivity index (χ1n) is 8.34. The molecule has 0 unspecified atom stereocenters. The number of benzene rings is 1. The summed E-state index contributed by atoms with van der Waals surface area (Å²) >= 11 is 3.52. The molecule has 1 heterocycles. The number of guanidine groups is 1. The fourth-order valence-corrected chi connectivity index (χ4v) is 3.31. The molecule has 0 aliphatic heterocycles. The predicted molar refractivity (Wildman–Crippen MR) is 109 cm³/mol. The van der Waals surface area contributed by atoms with Gasteiger partial charge in [-0.25, -0.2) is 0 Å². The van der Waals surface area contributed by atoms with E-state index in [1.165, 1.54) is 16.8 Å². The number of aromatic nitrogens is 1. The molecule has 2 rings (SSSR count). The molecule has 0 bridgehead atoms. The van der Waals surface area contributed by atoms with Crippen molar-refractivity contribution in [2.75, 3.05) is 28.2 Å². The second-order valence-corrected chi connectivity index (χ2v) is 7.49. The van der Waals surface area contributed by atoms with Crippen LogP contribution in [0, 0.1) is 0 Å². The van der Waals surface area contributed by atoms with E-state index >= 15 is 0 Å². The monoisotopic (exact) mass is 405 g/mol. The maximum absolute atomic E-state index is 4.40. The predicted octanol–water partition coefficient (Wildman–Crippen LogP) is 3.06. The van der Waals surface area contributed by atoms with Crippen LogP contribution in [0.25, 0.3) is 0 Å². The molecule has 2 aromatic rings. The van der Waals surface area contributed by atoms with Gasteiger partial charge in [0.2, 0.25) is 0 Å². The summed E-state index contributed by atoms with van der Waals surface area (Å²) in [5.74, 6) is 0.884. The Bertz CT molecular complexity index is 703. The molecule has 0 amide bonds. The standard InChI is InChI=1S/C19H28BrN5/c1-21-19(25(5)14-18-10-17(20)13-24(18)4)22-11-15-6-8-16(9-7-15)12-23(2)3/h6-10,13H,11-12,14H2,1-5H3,(H,21,22). The molecule has 0 saturated heterocycles. The average molecular weight is 406 g/mol. The van der Waals surface area contributed by atoms with Crippen molar-refractivity contribution in [3.05, 3.63) is 57.8 Å². The lowest BCUT2D eigenvalue weighted by atomic mass is 10.1. The van der Waals surface area contributed by atoms with E-state index in [0.29, 0.717) is 0 Å². The van der Waals surface area contributed by atoms with Gasteiger partial charge in [-0.05, 0) is 47.2 Å². The van der Waals surface area contributed by atoms with E-state index < -0.39 is 0 Å². The number of rotatable bonds is 6. The molecule has 0 aliphatic rings. The van der Waals surface area contributed by atoms with Crippen molar-refractivity contribution >= 4 is 21.9 Å². The van der Waals surface area contributed by atoms with E-state index in [-0.39, 0.29) is 0 Å². The van der Waals surface area contributed by atoms with Gasteiger partial charge in [-0.15, -0.1) is 0 Å². The fourth-order valence-electron chi connectivity index (χ4n) is 2.73. The molecule has 6 heteroatoms. The molecule has 136 valence electrons. The number of hydrogen-bond donors (Lipinski definition) is 1. The summed E-state index contributed by atoms with van der Waals surface area (Å²) in [7, 11) is 10.1. The Hall–Kier alpha value is -1.79. The summed E-state index contributed by atoms with van der Waals surface area (Å²) in [6.45, 7) is 2.52. The second kappa shape index (κ2) is 9.06. The van der Waals surface area contributed by atoms with Crippen molar-refractivity contribution < 1.29 is 0 Å². The van der Waals surface area contributed by atoms with Gasteiger partial charge in [-0.3, -0.25) is 4.99 Å². The normalized spacial score (nSPS) is 11.9. The topological polar surface area (TPSA) is 35.8 Å². The van der Waals surface area contributed by atoms with Gasteiger partial charge in [0, 0.05) is 50.6 Å². The highest BCUT2D eigenvalue weighted by atomic mass is 79.9. The molecule has 5 nitrogen and oxygen atoms in total.